The van der Waals surface area contributed by atoms with Gasteiger partial charge in [-0.1, -0.05) is 50.8 Å². The number of benzene rings is 1. The molecule has 0 saturated carbocycles. The van der Waals surface area contributed by atoms with Gasteiger partial charge in [-0.25, -0.2) is 14.4 Å². The first kappa shape index (κ1) is 25.4. The fourth-order valence-corrected chi connectivity index (χ4v) is 3.46. The number of carbonyl (C=O) groups excluding carboxylic acids is 1. The number of nitrogens with two attached hydrogens (primary N) is 1. The highest BCUT2D eigenvalue weighted by molar-refractivity contribution is 6.16. The minimum absolute atomic E-state index is 0.0562. The van der Waals surface area contributed by atoms with Crippen molar-refractivity contribution < 1.29 is 9.18 Å². The van der Waals surface area contributed by atoms with Gasteiger partial charge in [0.15, 0.2) is 5.78 Å². The molecule has 1 heterocycles. The van der Waals surface area contributed by atoms with Gasteiger partial charge in [0.25, 0.3) is 0 Å². The predicted molar refractivity (Wildman–Crippen MR) is 133 cm³/mol. The second-order valence-corrected chi connectivity index (χ2v) is 7.45. The lowest BCUT2D eigenvalue weighted by Crippen LogP contribution is -2.25. The van der Waals surface area contributed by atoms with Gasteiger partial charge in [-0.2, -0.15) is 0 Å². The molecule has 1 atom stereocenters. The Kier molecular flexibility index (Phi) is 8.98. The lowest BCUT2D eigenvalue weighted by molar-refractivity contribution is 0.104. The summed E-state index contributed by atoms with van der Waals surface area (Å²) in [6.07, 6.45) is 9.84. The molecule has 0 fully saturated rings. The maximum Gasteiger partial charge on any atom is 0.188 e. The number of nitrogens with one attached hydrogen (secondary N) is 2. The molecule has 172 valence electrons. The molecule has 33 heavy (non-hydrogen) atoms. The van der Waals surface area contributed by atoms with Crippen molar-refractivity contribution in [3.05, 3.63) is 95.6 Å². The number of nitrogens with zero attached hydrogens (tertiary/aromatic N) is 2. The topological polar surface area (TPSA) is 105 Å². The van der Waals surface area contributed by atoms with Crippen LogP contribution in [-0.4, -0.2) is 27.5 Å². The Morgan fingerprint density at radius 2 is 2.03 bits per heavy atom. The van der Waals surface area contributed by atoms with Gasteiger partial charge in [-0.15, -0.1) is 0 Å². The van der Waals surface area contributed by atoms with Crippen molar-refractivity contribution in [2.45, 2.75) is 39.7 Å². The molecule has 7 heteroatoms. The molecule has 1 aromatic heterocycles. The maximum absolute atomic E-state index is 14.5. The molecule has 0 aliphatic rings. The Morgan fingerprint density at radius 1 is 1.30 bits per heavy atom. The van der Waals surface area contributed by atoms with Gasteiger partial charge >= 0.3 is 0 Å². The second-order valence-electron chi connectivity index (χ2n) is 7.45. The molecule has 0 amide bonds. The molecule has 0 radical (unpaired) electrons. The third kappa shape index (κ3) is 5.88. The summed E-state index contributed by atoms with van der Waals surface area (Å²) in [4.78, 5) is 20.2. The number of carbonyl (C=O) groups is 1. The van der Waals surface area contributed by atoms with Gasteiger partial charge in [-0.3, -0.25) is 10.2 Å². The van der Waals surface area contributed by atoms with E-state index in [1.807, 2.05) is 26.0 Å². The molecule has 2 aromatic rings. The van der Waals surface area contributed by atoms with Crippen molar-refractivity contribution in [2.24, 2.45) is 0 Å². The van der Waals surface area contributed by atoms with Crippen LogP contribution in [0.25, 0.3) is 0 Å². The smallest absolute Gasteiger partial charge is 0.188 e. The zero-order valence-corrected chi connectivity index (χ0v) is 19.3. The molecule has 2 rings (SSSR count). The molecule has 0 aliphatic carbocycles. The molecule has 0 spiro atoms. The zero-order chi connectivity index (χ0) is 24.5. The molecule has 6 nitrogen and oxygen atoms in total. The summed E-state index contributed by atoms with van der Waals surface area (Å²) in [6, 6.07) is 3.84. The number of anilines is 2. The van der Waals surface area contributed by atoms with E-state index >= 15 is 0 Å². The molecule has 0 aliphatic heterocycles. The Bertz CT molecular complexity index is 1130. The normalized spacial score (nSPS) is 12.7. The molecule has 1 aromatic carbocycles. The Labute approximate surface area is 194 Å². The van der Waals surface area contributed by atoms with Crippen molar-refractivity contribution in [1.82, 2.24) is 9.97 Å². The summed E-state index contributed by atoms with van der Waals surface area (Å²) in [5.41, 5.74) is 8.53. The van der Waals surface area contributed by atoms with Gasteiger partial charge in [0.1, 0.15) is 23.8 Å². The number of ketones is 1. The highest BCUT2D eigenvalue weighted by atomic mass is 19.1. The minimum Gasteiger partial charge on any atom is -0.383 e. The van der Waals surface area contributed by atoms with E-state index in [1.165, 1.54) is 18.5 Å². The van der Waals surface area contributed by atoms with E-state index in [-0.39, 0.29) is 34.3 Å². The number of aromatic nitrogens is 2. The Morgan fingerprint density at radius 3 is 2.61 bits per heavy atom. The summed E-state index contributed by atoms with van der Waals surface area (Å²) in [7, 11) is 0. The average Bonchev–Trinajstić information content (AvgIpc) is 2.81. The number of halogens is 1. The summed E-state index contributed by atoms with van der Waals surface area (Å²) in [5.74, 6) is -0.803. The van der Waals surface area contributed by atoms with Crippen LogP contribution in [0, 0.1) is 11.2 Å². The van der Waals surface area contributed by atoms with Gasteiger partial charge < -0.3 is 11.1 Å². The summed E-state index contributed by atoms with van der Waals surface area (Å²) in [5, 5.41) is 12.1. The van der Waals surface area contributed by atoms with Gasteiger partial charge in [0.05, 0.1) is 22.9 Å². The van der Waals surface area contributed by atoms with Gasteiger partial charge in [-0.05, 0) is 49.6 Å². The molecule has 1 unspecified atom stereocenters. The van der Waals surface area contributed by atoms with Crippen molar-refractivity contribution in [2.75, 3.05) is 11.1 Å². The largest absolute Gasteiger partial charge is 0.383 e. The first-order valence-electron chi connectivity index (χ1n) is 10.7. The fourth-order valence-electron chi connectivity index (χ4n) is 3.46. The average molecular weight is 448 g/mol. The van der Waals surface area contributed by atoms with E-state index in [2.05, 4.69) is 35.4 Å². The van der Waals surface area contributed by atoms with Crippen LogP contribution in [0.5, 0.6) is 0 Å². The first-order valence-corrected chi connectivity index (χ1v) is 10.7. The molecule has 4 N–H and O–H groups in total. The van der Waals surface area contributed by atoms with Crippen LogP contribution >= 0.6 is 0 Å². The van der Waals surface area contributed by atoms with Crippen molar-refractivity contribution in [3.63, 3.8) is 0 Å². The zero-order valence-electron chi connectivity index (χ0n) is 19.3. The SMILES string of the molecule is C=CC(=O)c1ccc(C(=N)c2c(N)ncnc2NC(CCC)C(/C=C\C)=C(\C)C=C)cc1F. The van der Waals surface area contributed by atoms with E-state index in [1.54, 1.807) is 6.08 Å². The lowest BCUT2D eigenvalue weighted by Gasteiger charge is -2.24. The number of hydrogen-bond donors (Lipinski definition) is 3. The van der Waals surface area contributed by atoms with Crippen LogP contribution in [0.2, 0.25) is 0 Å². The Balaban J connectivity index is 2.55. The number of hydrogen-bond acceptors (Lipinski definition) is 6. The van der Waals surface area contributed by atoms with Crippen LogP contribution in [-0.2, 0) is 0 Å². The lowest BCUT2D eigenvalue weighted by atomic mass is 9.96. The highest BCUT2D eigenvalue weighted by Crippen LogP contribution is 2.27. The molecular weight excluding hydrogens is 417 g/mol. The minimum atomic E-state index is -0.740. The third-order valence-electron chi connectivity index (χ3n) is 5.21. The van der Waals surface area contributed by atoms with Gasteiger partial charge in [0.2, 0.25) is 0 Å². The summed E-state index contributed by atoms with van der Waals surface area (Å²) >= 11 is 0. The molecular formula is C26H30FN5O. The van der Waals surface area contributed by atoms with E-state index in [9.17, 15) is 9.18 Å². The Hall–Kier alpha value is -3.87. The van der Waals surface area contributed by atoms with Crippen molar-refractivity contribution in [3.8, 4) is 0 Å². The predicted octanol–water partition coefficient (Wildman–Crippen LogP) is 5.64. The monoisotopic (exact) mass is 447 g/mol. The van der Waals surface area contributed by atoms with Crippen LogP contribution in [0.15, 0.2) is 73.1 Å². The third-order valence-corrected chi connectivity index (χ3v) is 5.21. The quantitative estimate of drug-likeness (QED) is 0.179. The maximum atomic E-state index is 14.5. The van der Waals surface area contributed by atoms with Crippen LogP contribution < -0.4 is 11.1 Å². The number of nitrogen functional groups attached to an aromatic ring is 1. The van der Waals surface area contributed by atoms with Gasteiger partial charge in [0, 0.05) is 5.56 Å². The van der Waals surface area contributed by atoms with Crippen molar-refractivity contribution in [1.29, 1.82) is 5.41 Å². The standard InChI is InChI=1S/C26H30FN5O/c1-6-10-18(16(5)8-3)21(11-7-2)32-26-23(25(29)30-15-31-26)24(28)17-12-13-19(20(27)14-17)22(33)9-4/h6,8-10,12-15,21,28H,3-4,7,11H2,1-2,5H3,(H3,29,30,31,32)/b10-6-,18-16+,28-24?. The number of allylic oxidation sites excluding steroid dienone is 4. The molecule has 0 saturated heterocycles. The molecule has 0 bridgehead atoms. The van der Waals surface area contributed by atoms with Crippen LogP contribution in [0.4, 0.5) is 16.0 Å². The fraction of sp³-hybridized carbons (Fsp3) is 0.231. The van der Waals surface area contributed by atoms with E-state index in [4.69, 9.17) is 11.1 Å². The second kappa shape index (κ2) is 11.7. The van der Waals surface area contributed by atoms with E-state index in [0.29, 0.717) is 5.82 Å². The van der Waals surface area contributed by atoms with Crippen LogP contribution in [0.1, 0.15) is 55.1 Å². The van der Waals surface area contributed by atoms with Crippen molar-refractivity contribution >= 4 is 23.1 Å². The highest BCUT2D eigenvalue weighted by Gasteiger charge is 2.22. The number of rotatable bonds is 11. The first-order chi connectivity index (χ1) is 15.8. The van der Waals surface area contributed by atoms with Crippen LogP contribution in [0.3, 0.4) is 0 Å². The van der Waals surface area contributed by atoms with E-state index < -0.39 is 11.6 Å². The summed E-state index contributed by atoms with van der Waals surface area (Å²) in [6.45, 7) is 13.3. The summed E-state index contributed by atoms with van der Waals surface area (Å²) < 4.78 is 14.5. The van der Waals surface area contributed by atoms with E-state index in [0.717, 1.165) is 36.1 Å².